The summed E-state index contributed by atoms with van der Waals surface area (Å²) in [5, 5.41) is 0. The van der Waals surface area contributed by atoms with Crippen molar-refractivity contribution in [3.63, 3.8) is 0 Å². The number of rotatable bonds is 9. The summed E-state index contributed by atoms with van der Waals surface area (Å²) in [5.41, 5.74) is 4.92. The summed E-state index contributed by atoms with van der Waals surface area (Å²) in [6, 6.07) is 20.3. The molecule has 0 bridgehead atoms. The van der Waals surface area contributed by atoms with Crippen LogP contribution in [-0.2, 0) is 6.42 Å². The Morgan fingerprint density at radius 1 is 0.800 bits per heavy atom. The third kappa shape index (κ3) is 5.99. The molecule has 3 aromatic rings. The second-order valence-electron chi connectivity index (χ2n) is 7.11. The van der Waals surface area contributed by atoms with Crippen molar-refractivity contribution in [2.75, 3.05) is 0 Å². The monoisotopic (exact) mass is 410 g/mol. The van der Waals surface area contributed by atoms with Crippen LogP contribution in [0.2, 0.25) is 0 Å². The summed E-state index contributed by atoms with van der Waals surface area (Å²) in [6.07, 6.45) is 8.88. The highest BCUT2D eigenvalue weighted by molar-refractivity contribution is 5.71. The standard InChI is InChI=1S/C26H25F3O/c1-2-3-4-5-6-7-19-8-10-20(11-9-19)21-12-14-22(15-13-21)23-16-17-25(24(27)18-23)30-26(28)29/h2-3,8-18,26H,4-7H2,1H3. The molecule has 0 heterocycles. The summed E-state index contributed by atoms with van der Waals surface area (Å²) < 4.78 is 42.7. The van der Waals surface area contributed by atoms with Gasteiger partial charge in [-0.25, -0.2) is 4.39 Å². The van der Waals surface area contributed by atoms with Crippen LogP contribution in [0.15, 0.2) is 78.9 Å². The van der Waals surface area contributed by atoms with Gasteiger partial charge in [0, 0.05) is 0 Å². The largest absolute Gasteiger partial charge is 0.432 e. The Hall–Kier alpha value is -3.01. The van der Waals surface area contributed by atoms with Crippen molar-refractivity contribution < 1.29 is 17.9 Å². The van der Waals surface area contributed by atoms with Crippen molar-refractivity contribution in [3.05, 3.63) is 90.3 Å². The molecule has 0 saturated carbocycles. The zero-order chi connectivity index (χ0) is 21.3. The lowest BCUT2D eigenvalue weighted by atomic mass is 9.98. The lowest BCUT2D eigenvalue weighted by Crippen LogP contribution is -2.03. The van der Waals surface area contributed by atoms with Crippen LogP contribution in [0.5, 0.6) is 5.75 Å². The number of benzene rings is 3. The third-order valence-electron chi connectivity index (χ3n) is 4.98. The molecule has 0 aromatic heterocycles. The van der Waals surface area contributed by atoms with Gasteiger partial charge in [0.1, 0.15) is 0 Å². The molecule has 0 atom stereocenters. The van der Waals surface area contributed by atoms with Crippen molar-refractivity contribution in [2.45, 2.75) is 39.2 Å². The molecule has 0 spiro atoms. The van der Waals surface area contributed by atoms with E-state index in [2.05, 4.69) is 41.2 Å². The first-order valence-electron chi connectivity index (χ1n) is 10.1. The van der Waals surface area contributed by atoms with E-state index in [1.807, 2.05) is 31.2 Å². The van der Waals surface area contributed by atoms with Gasteiger partial charge in [-0.2, -0.15) is 8.78 Å². The van der Waals surface area contributed by atoms with E-state index in [4.69, 9.17) is 0 Å². The second kappa shape index (κ2) is 10.7. The summed E-state index contributed by atoms with van der Waals surface area (Å²) in [4.78, 5) is 0. The van der Waals surface area contributed by atoms with E-state index in [0.717, 1.165) is 29.5 Å². The minimum absolute atomic E-state index is 0.452. The van der Waals surface area contributed by atoms with Gasteiger partial charge in [0.25, 0.3) is 0 Å². The average Bonchev–Trinajstić information content (AvgIpc) is 2.75. The van der Waals surface area contributed by atoms with Gasteiger partial charge in [0.15, 0.2) is 11.6 Å². The molecule has 0 unspecified atom stereocenters. The van der Waals surface area contributed by atoms with Crippen LogP contribution in [0, 0.1) is 5.82 Å². The van der Waals surface area contributed by atoms with E-state index in [9.17, 15) is 13.2 Å². The molecule has 156 valence electrons. The summed E-state index contributed by atoms with van der Waals surface area (Å²) in [7, 11) is 0. The third-order valence-corrected chi connectivity index (χ3v) is 4.98. The molecule has 0 fully saturated rings. The minimum atomic E-state index is -3.05. The van der Waals surface area contributed by atoms with E-state index < -0.39 is 18.2 Å². The van der Waals surface area contributed by atoms with Gasteiger partial charge in [-0.1, -0.05) is 66.7 Å². The molecule has 0 N–H and O–H groups in total. The molecule has 0 amide bonds. The van der Waals surface area contributed by atoms with Crippen LogP contribution in [0.4, 0.5) is 13.2 Å². The van der Waals surface area contributed by atoms with Crippen molar-refractivity contribution in [1.29, 1.82) is 0 Å². The molecular weight excluding hydrogens is 385 g/mol. The number of aryl methyl sites for hydroxylation is 1. The number of alkyl halides is 2. The Morgan fingerprint density at radius 3 is 1.93 bits per heavy atom. The topological polar surface area (TPSA) is 9.23 Å². The number of halogens is 3. The molecule has 0 aliphatic heterocycles. The molecule has 3 rings (SSSR count). The SMILES string of the molecule is CC=CCCCCc1ccc(-c2ccc(-c3ccc(OC(F)F)c(F)c3)cc2)cc1. The predicted molar refractivity (Wildman–Crippen MR) is 116 cm³/mol. The van der Waals surface area contributed by atoms with Crippen LogP contribution in [0.3, 0.4) is 0 Å². The molecule has 30 heavy (non-hydrogen) atoms. The van der Waals surface area contributed by atoms with E-state index in [0.29, 0.717) is 5.56 Å². The van der Waals surface area contributed by atoms with E-state index >= 15 is 0 Å². The number of allylic oxidation sites excluding steroid dienone is 2. The maximum Gasteiger partial charge on any atom is 0.387 e. The Kier molecular flexibility index (Phi) is 7.72. The smallest absolute Gasteiger partial charge is 0.387 e. The van der Waals surface area contributed by atoms with Gasteiger partial charge in [-0.05, 0) is 72.6 Å². The van der Waals surface area contributed by atoms with E-state index in [-0.39, 0.29) is 0 Å². The quantitative estimate of drug-likeness (QED) is 0.256. The first-order valence-corrected chi connectivity index (χ1v) is 10.1. The van der Waals surface area contributed by atoms with Gasteiger partial charge < -0.3 is 4.74 Å². The Balaban J connectivity index is 1.65. The van der Waals surface area contributed by atoms with Gasteiger partial charge >= 0.3 is 6.61 Å². The maximum absolute atomic E-state index is 14.0. The molecule has 0 saturated heterocycles. The van der Waals surface area contributed by atoms with Crippen molar-refractivity contribution in [1.82, 2.24) is 0 Å². The maximum atomic E-state index is 14.0. The highest BCUT2D eigenvalue weighted by Gasteiger charge is 2.11. The number of hydrogen-bond acceptors (Lipinski definition) is 1. The Morgan fingerprint density at radius 2 is 1.37 bits per heavy atom. The number of ether oxygens (including phenoxy) is 1. The normalized spacial score (nSPS) is 11.4. The summed E-state index contributed by atoms with van der Waals surface area (Å²) in [6.45, 7) is -1.00. The van der Waals surface area contributed by atoms with Gasteiger partial charge in [-0.3, -0.25) is 0 Å². The molecule has 4 heteroatoms. The zero-order valence-corrected chi connectivity index (χ0v) is 17.0. The molecule has 1 nitrogen and oxygen atoms in total. The molecule has 0 radical (unpaired) electrons. The Labute approximate surface area is 175 Å². The average molecular weight is 410 g/mol. The van der Waals surface area contributed by atoms with E-state index in [1.165, 1.54) is 30.5 Å². The Bertz CT molecular complexity index is 961. The first kappa shape index (κ1) is 21.7. The van der Waals surface area contributed by atoms with Crippen molar-refractivity contribution in [3.8, 4) is 28.0 Å². The molecule has 0 aliphatic carbocycles. The van der Waals surface area contributed by atoms with Crippen molar-refractivity contribution in [2.24, 2.45) is 0 Å². The van der Waals surface area contributed by atoms with Gasteiger partial charge in [0.2, 0.25) is 0 Å². The fraction of sp³-hybridized carbons (Fsp3) is 0.231. The van der Waals surface area contributed by atoms with E-state index in [1.54, 1.807) is 6.07 Å². The van der Waals surface area contributed by atoms with Gasteiger partial charge in [-0.15, -0.1) is 0 Å². The van der Waals surface area contributed by atoms with Gasteiger partial charge in [0.05, 0.1) is 0 Å². The zero-order valence-electron chi connectivity index (χ0n) is 17.0. The molecule has 3 aromatic carbocycles. The highest BCUT2D eigenvalue weighted by Crippen LogP contribution is 2.29. The predicted octanol–water partition coefficient (Wildman–Crippen LogP) is 8.05. The second-order valence-corrected chi connectivity index (χ2v) is 7.11. The fourth-order valence-electron chi connectivity index (χ4n) is 3.35. The van der Waals surface area contributed by atoms with Crippen LogP contribution in [0.1, 0.15) is 31.7 Å². The minimum Gasteiger partial charge on any atom is -0.432 e. The lowest BCUT2D eigenvalue weighted by Gasteiger charge is -2.09. The molecule has 0 aliphatic rings. The lowest BCUT2D eigenvalue weighted by molar-refractivity contribution is -0.0521. The highest BCUT2D eigenvalue weighted by atomic mass is 19.3. The number of hydrogen-bond donors (Lipinski definition) is 0. The van der Waals surface area contributed by atoms with Crippen LogP contribution in [-0.4, -0.2) is 6.61 Å². The van der Waals surface area contributed by atoms with Crippen molar-refractivity contribution >= 4 is 0 Å². The summed E-state index contributed by atoms with van der Waals surface area (Å²) in [5.74, 6) is -1.26. The fourth-order valence-corrected chi connectivity index (χ4v) is 3.35. The van der Waals surface area contributed by atoms with Crippen LogP contribution >= 0.6 is 0 Å². The summed E-state index contributed by atoms with van der Waals surface area (Å²) >= 11 is 0. The van der Waals surface area contributed by atoms with Crippen LogP contribution in [0.25, 0.3) is 22.3 Å². The van der Waals surface area contributed by atoms with Crippen LogP contribution < -0.4 is 4.74 Å². The first-order chi connectivity index (χ1) is 14.6. The molecular formula is C26H25F3O. The number of unbranched alkanes of at least 4 members (excludes halogenated alkanes) is 2.